The molecule has 0 bridgehead atoms. The van der Waals surface area contributed by atoms with E-state index in [-0.39, 0.29) is 5.82 Å². The molecule has 2 heteroatoms. The van der Waals surface area contributed by atoms with Gasteiger partial charge in [-0.1, -0.05) is 32.9 Å². The molecule has 2 aliphatic rings. The molecule has 1 atom stereocenters. The van der Waals surface area contributed by atoms with Crippen LogP contribution in [0.15, 0.2) is 18.2 Å². The summed E-state index contributed by atoms with van der Waals surface area (Å²) in [5, 5.41) is 3.28. The molecule has 0 aromatic heterocycles. The van der Waals surface area contributed by atoms with Gasteiger partial charge in [-0.25, -0.2) is 4.39 Å². The molecular formula is C18H26FN. The van der Waals surface area contributed by atoms with E-state index in [1.54, 1.807) is 6.07 Å². The molecule has 20 heavy (non-hydrogen) atoms. The summed E-state index contributed by atoms with van der Waals surface area (Å²) >= 11 is 0. The van der Waals surface area contributed by atoms with Gasteiger partial charge in [0, 0.05) is 12.5 Å². The van der Waals surface area contributed by atoms with E-state index in [1.165, 1.54) is 31.2 Å². The largest absolute Gasteiger partial charge is 0.382 e. The van der Waals surface area contributed by atoms with Crippen molar-refractivity contribution in [1.29, 1.82) is 0 Å². The predicted molar refractivity (Wildman–Crippen MR) is 82.5 cm³/mol. The molecule has 1 aliphatic carbocycles. The maximum Gasteiger partial charge on any atom is 0.146 e. The fourth-order valence-corrected chi connectivity index (χ4v) is 4.17. The van der Waals surface area contributed by atoms with Gasteiger partial charge < -0.3 is 5.32 Å². The minimum atomic E-state index is -0.0895. The smallest absolute Gasteiger partial charge is 0.146 e. The maximum atomic E-state index is 13.8. The second kappa shape index (κ2) is 5.05. The maximum absolute atomic E-state index is 13.8. The molecule has 1 aliphatic heterocycles. The Labute approximate surface area is 122 Å². The number of nitrogens with one attached hydrogen (secondary N) is 1. The molecule has 1 fully saturated rings. The number of rotatable bonds is 1. The number of hydrogen-bond acceptors (Lipinski definition) is 1. The first-order valence-electron chi connectivity index (χ1n) is 7.99. The molecule has 1 heterocycles. The zero-order chi connectivity index (χ0) is 14.3. The Hall–Kier alpha value is -1.05. The van der Waals surface area contributed by atoms with Crippen LogP contribution in [0.2, 0.25) is 0 Å². The minimum absolute atomic E-state index is 0.0895. The van der Waals surface area contributed by atoms with Crippen LogP contribution < -0.4 is 5.32 Å². The molecule has 0 radical (unpaired) electrons. The van der Waals surface area contributed by atoms with E-state index < -0.39 is 0 Å². The van der Waals surface area contributed by atoms with E-state index in [4.69, 9.17) is 0 Å². The van der Waals surface area contributed by atoms with Crippen LogP contribution >= 0.6 is 0 Å². The van der Waals surface area contributed by atoms with E-state index in [9.17, 15) is 4.39 Å². The summed E-state index contributed by atoms with van der Waals surface area (Å²) in [6.45, 7) is 8.00. The van der Waals surface area contributed by atoms with Crippen molar-refractivity contribution in [3.63, 3.8) is 0 Å². The summed E-state index contributed by atoms with van der Waals surface area (Å²) in [7, 11) is 0. The van der Waals surface area contributed by atoms with Gasteiger partial charge in [-0.05, 0) is 54.6 Å². The summed E-state index contributed by atoms with van der Waals surface area (Å²) in [5.74, 6) is 2.00. The van der Waals surface area contributed by atoms with Crippen molar-refractivity contribution < 1.29 is 4.39 Å². The fourth-order valence-electron chi connectivity index (χ4n) is 4.17. The Morgan fingerprint density at radius 1 is 1.10 bits per heavy atom. The Kier molecular flexibility index (Phi) is 3.51. The van der Waals surface area contributed by atoms with Crippen molar-refractivity contribution in [2.45, 2.75) is 52.4 Å². The van der Waals surface area contributed by atoms with E-state index >= 15 is 0 Å². The molecule has 1 N–H and O–H groups in total. The van der Waals surface area contributed by atoms with Crippen molar-refractivity contribution in [1.82, 2.24) is 0 Å². The zero-order valence-corrected chi connectivity index (χ0v) is 12.9. The van der Waals surface area contributed by atoms with Crippen molar-refractivity contribution in [2.75, 3.05) is 11.9 Å². The van der Waals surface area contributed by atoms with Gasteiger partial charge in [0.25, 0.3) is 0 Å². The first-order valence-corrected chi connectivity index (χ1v) is 7.99. The third-order valence-corrected chi connectivity index (χ3v) is 5.51. The van der Waals surface area contributed by atoms with Gasteiger partial charge >= 0.3 is 0 Å². The van der Waals surface area contributed by atoms with Crippen LogP contribution in [0.4, 0.5) is 10.1 Å². The summed E-state index contributed by atoms with van der Waals surface area (Å²) in [6, 6.07) is 5.53. The second-order valence-corrected chi connectivity index (χ2v) is 7.67. The Bertz CT molecular complexity index is 481. The van der Waals surface area contributed by atoms with Crippen LogP contribution in [0.5, 0.6) is 0 Å². The third kappa shape index (κ3) is 2.45. The number of halogens is 1. The van der Waals surface area contributed by atoms with E-state index in [0.717, 1.165) is 24.1 Å². The average molecular weight is 275 g/mol. The first-order chi connectivity index (χ1) is 9.47. The monoisotopic (exact) mass is 275 g/mol. The van der Waals surface area contributed by atoms with Crippen molar-refractivity contribution in [2.24, 2.45) is 17.3 Å². The van der Waals surface area contributed by atoms with Gasteiger partial charge in [0.05, 0.1) is 5.69 Å². The third-order valence-electron chi connectivity index (χ3n) is 5.51. The lowest BCUT2D eigenvalue weighted by Gasteiger charge is -2.38. The zero-order valence-electron chi connectivity index (χ0n) is 12.9. The summed E-state index contributed by atoms with van der Waals surface area (Å²) in [4.78, 5) is 0. The van der Waals surface area contributed by atoms with Gasteiger partial charge in [-0.15, -0.1) is 0 Å². The van der Waals surface area contributed by atoms with Crippen LogP contribution in [-0.4, -0.2) is 6.54 Å². The van der Waals surface area contributed by atoms with Gasteiger partial charge in [-0.2, -0.15) is 0 Å². The van der Waals surface area contributed by atoms with Crippen molar-refractivity contribution >= 4 is 5.69 Å². The molecule has 0 saturated heterocycles. The number of anilines is 1. The Balaban J connectivity index is 1.71. The molecule has 3 rings (SSSR count). The van der Waals surface area contributed by atoms with E-state index in [2.05, 4.69) is 32.2 Å². The lowest BCUT2D eigenvalue weighted by atomic mass is 9.67. The average Bonchev–Trinajstić information content (AvgIpc) is 2.83. The molecule has 110 valence electrons. The summed E-state index contributed by atoms with van der Waals surface area (Å²) in [6.07, 6.45) is 5.25. The van der Waals surface area contributed by atoms with Gasteiger partial charge in [0.2, 0.25) is 0 Å². The van der Waals surface area contributed by atoms with Crippen molar-refractivity contribution in [3.8, 4) is 0 Å². The fraction of sp³-hybridized carbons (Fsp3) is 0.667. The van der Waals surface area contributed by atoms with Crippen molar-refractivity contribution in [3.05, 3.63) is 29.6 Å². The standard InChI is InChI=1S/C18H26FN/c1-18(2,3)13-9-7-12(8-10-13)15-11-20-17-14(15)5-4-6-16(17)19/h4-6,12-13,15,20H,7-11H2,1-3H3. The Morgan fingerprint density at radius 2 is 1.80 bits per heavy atom. The number of fused-ring (bicyclic) bond motifs is 1. The lowest BCUT2D eigenvalue weighted by Crippen LogP contribution is -2.28. The highest BCUT2D eigenvalue weighted by atomic mass is 19.1. The van der Waals surface area contributed by atoms with Crippen LogP contribution in [0.1, 0.15) is 57.9 Å². The second-order valence-electron chi connectivity index (χ2n) is 7.67. The predicted octanol–water partition coefficient (Wildman–Crippen LogP) is 5.19. The molecule has 1 nitrogen and oxygen atoms in total. The molecule has 0 spiro atoms. The Morgan fingerprint density at radius 3 is 2.45 bits per heavy atom. The van der Waals surface area contributed by atoms with Gasteiger partial charge in [-0.3, -0.25) is 0 Å². The van der Waals surface area contributed by atoms with Crippen LogP contribution in [0.25, 0.3) is 0 Å². The van der Waals surface area contributed by atoms with Gasteiger partial charge in [0.15, 0.2) is 0 Å². The van der Waals surface area contributed by atoms with Gasteiger partial charge in [0.1, 0.15) is 5.82 Å². The normalized spacial score (nSPS) is 29.9. The van der Waals surface area contributed by atoms with E-state index in [0.29, 0.717) is 11.3 Å². The molecule has 1 saturated carbocycles. The highest BCUT2D eigenvalue weighted by Crippen LogP contribution is 2.47. The highest BCUT2D eigenvalue weighted by molar-refractivity contribution is 5.58. The molecule has 1 unspecified atom stereocenters. The quantitative estimate of drug-likeness (QED) is 0.744. The number of hydrogen-bond donors (Lipinski definition) is 1. The number of benzene rings is 1. The minimum Gasteiger partial charge on any atom is -0.382 e. The topological polar surface area (TPSA) is 12.0 Å². The van der Waals surface area contributed by atoms with Crippen LogP contribution in [-0.2, 0) is 0 Å². The lowest BCUT2D eigenvalue weighted by molar-refractivity contribution is 0.141. The molecule has 1 aromatic carbocycles. The summed E-state index contributed by atoms with van der Waals surface area (Å²) < 4.78 is 13.8. The molecule has 0 amide bonds. The molecular weight excluding hydrogens is 249 g/mol. The SMILES string of the molecule is CC(C)(C)C1CCC(C2CNc3c(F)cccc32)CC1. The molecule has 1 aromatic rings. The highest BCUT2D eigenvalue weighted by Gasteiger charge is 2.36. The first kappa shape index (κ1) is 13.9. The number of para-hydroxylation sites is 1. The summed E-state index contributed by atoms with van der Waals surface area (Å²) in [5.41, 5.74) is 2.41. The van der Waals surface area contributed by atoms with Crippen LogP contribution in [0.3, 0.4) is 0 Å². The van der Waals surface area contributed by atoms with E-state index in [1.807, 2.05) is 6.07 Å². The van der Waals surface area contributed by atoms with Crippen LogP contribution in [0, 0.1) is 23.1 Å².